The van der Waals surface area contributed by atoms with Crippen LogP contribution in [0.3, 0.4) is 0 Å². The number of phenolic OH excluding ortho intramolecular Hbond substituents is 4. The Hall–Kier alpha value is -9.08. The van der Waals surface area contributed by atoms with E-state index in [0.717, 1.165) is 89.2 Å². The van der Waals surface area contributed by atoms with Crippen LogP contribution in [0.2, 0.25) is 0 Å². The van der Waals surface area contributed by atoms with Gasteiger partial charge in [-0.3, -0.25) is 53.9 Å². The summed E-state index contributed by atoms with van der Waals surface area (Å²) in [4.78, 5) is 81.5. The second-order valence-corrected chi connectivity index (χ2v) is 29.7. The number of aliphatic hydroxyl groups excluding tert-OH is 1. The van der Waals surface area contributed by atoms with Crippen molar-refractivity contribution in [1.29, 1.82) is 0 Å². The number of aryl methyl sites for hydroxylation is 1. The summed E-state index contributed by atoms with van der Waals surface area (Å²) in [6, 6.07) is 86.6. The van der Waals surface area contributed by atoms with Crippen LogP contribution in [0.5, 0.6) is 23.0 Å². The van der Waals surface area contributed by atoms with Gasteiger partial charge in [-0.05, 0) is 117 Å². The number of hydrogen-bond acceptors (Lipinski definition) is 16. The number of benzene rings is 13. The molecule has 0 saturated heterocycles. The molecule has 0 unspecified atom stereocenters. The van der Waals surface area contributed by atoms with E-state index in [1.807, 2.05) is 48.8 Å². The van der Waals surface area contributed by atoms with Crippen LogP contribution in [0, 0.1) is 273 Å². The average molecular weight is 2670 g/mol. The number of allylic oxidation sites excluding steroid dienone is 1. The van der Waals surface area contributed by atoms with Crippen LogP contribution in [0.4, 0.5) is 74.6 Å². The Morgan fingerprint density at radius 1 is 0.243 bits per heavy atom. The van der Waals surface area contributed by atoms with E-state index in [2.05, 4.69) is 151 Å². The largest absolute Gasteiger partial charge is 0.507 e. The molecule has 6 aromatic heterocycles. The molecule has 13 aromatic carbocycles. The number of rotatable bonds is 7. The third kappa shape index (κ3) is 30.4. The SMILES string of the molecule is O=C(C1=C(O)c2ccccc2CC1)C(F)(F)F.O=C(c1cc(F)cc(F)c1O)C(F)(F)F.O=C(c1ccc2ccccc2c1O)C(F)(F)F.O=C(c1ccc2ccccc2c1O)C(F)(F)F.O=C(c1ccc2ccccc2c1O)C(F)(F)F.[CH3-].[CH3-].[Eu].[Eu].[Eu].[Eu].[Eu].c1ccc(-c2ccnc3c2ccc2c(-c4ccccc4)ccnc23)cc1.c1cnc2c(c1)ccc1cccnc12.c1cnc2c(c1)ccc1cccnc12. The molecule has 5 N–H and O–H groups in total. The van der Waals surface area contributed by atoms with Gasteiger partial charge in [0.05, 0.1) is 55.4 Å². The minimum absolute atomic E-state index is 0. The van der Waals surface area contributed by atoms with Gasteiger partial charge in [0.1, 0.15) is 28.8 Å². The fourth-order valence-electron chi connectivity index (χ4n) is 14.5. The Labute approximate surface area is 1010 Å². The molecule has 5 radical (unpaired) electrons. The van der Waals surface area contributed by atoms with Crippen molar-refractivity contribution in [3.05, 3.63) is 406 Å². The number of ketones is 5. The maximum atomic E-state index is 12.6. The van der Waals surface area contributed by atoms with E-state index in [-0.39, 0.29) is 296 Å². The Bertz CT molecular complexity index is 7280. The van der Waals surface area contributed by atoms with Crippen molar-refractivity contribution >= 4 is 132 Å². The van der Waals surface area contributed by atoms with Crippen molar-refractivity contribution in [3.8, 4) is 45.3 Å². The molecule has 0 saturated carbocycles. The van der Waals surface area contributed by atoms with Crippen LogP contribution < -0.4 is 0 Å². The molecule has 19 aromatic rings. The summed E-state index contributed by atoms with van der Waals surface area (Å²) in [6.45, 7) is 0. The second kappa shape index (κ2) is 54.7. The molecule has 16 nitrogen and oxygen atoms in total. The van der Waals surface area contributed by atoms with E-state index in [1.165, 1.54) is 64.7 Å². The van der Waals surface area contributed by atoms with E-state index < -0.39 is 128 Å². The zero-order chi connectivity index (χ0) is 98.4. The number of Topliss-reactive ketones (excluding diaryl/α,β-unsaturated/α-hetero) is 5. The molecule has 0 bridgehead atoms. The zero-order valence-electron chi connectivity index (χ0n) is 74.0. The Morgan fingerprint density at radius 2 is 0.521 bits per heavy atom. The van der Waals surface area contributed by atoms with Gasteiger partial charge in [0, 0.05) is 350 Å². The third-order valence-electron chi connectivity index (χ3n) is 21.0. The number of halogens is 17. The number of phenols is 4. The molecule has 0 atom stereocenters. The van der Waals surface area contributed by atoms with Crippen LogP contribution in [0.1, 0.15) is 59.0 Å². The van der Waals surface area contributed by atoms with E-state index >= 15 is 0 Å². The summed E-state index contributed by atoms with van der Waals surface area (Å²) < 4.78 is 208. The van der Waals surface area contributed by atoms with Crippen molar-refractivity contribution in [2.24, 2.45) is 0 Å². The van der Waals surface area contributed by atoms with E-state index in [4.69, 9.17) is 5.11 Å². The van der Waals surface area contributed by atoms with Crippen molar-refractivity contribution < 1.29 is 371 Å². The van der Waals surface area contributed by atoms with Crippen molar-refractivity contribution in [1.82, 2.24) is 29.9 Å². The first-order valence-electron chi connectivity index (χ1n) is 40.5. The normalized spacial score (nSPS) is 11.3. The summed E-state index contributed by atoms with van der Waals surface area (Å²) in [7, 11) is 0. The summed E-state index contributed by atoms with van der Waals surface area (Å²) >= 11 is 0. The van der Waals surface area contributed by atoms with Crippen molar-refractivity contribution in [2.75, 3.05) is 0 Å². The summed E-state index contributed by atoms with van der Waals surface area (Å²) in [5, 5.41) is 56.7. The van der Waals surface area contributed by atoms with Crippen molar-refractivity contribution in [3.63, 3.8) is 0 Å². The fourth-order valence-corrected chi connectivity index (χ4v) is 14.5. The van der Waals surface area contributed by atoms with Gasteiger partial charge in [-0.15, -0.1) is 0 Å². The van der Waals surface area contributed by atoms with Crippen LogP contribution >= 0.6 is 0 Å². The van der Waals surface area contributed by atoms with Gasteiger partial charge < -0.3 is 40.4 Å². The molecule has 6 heterocycles. The molecule has 741 valence electrons. The minimum atomic E-state index is -5.29. The van der Waals surface area contributed by atoms with E-state index in [0.29, 0.717) is 28.1 Å². The smallest absolute Gasteiger partial charge is 0.455 e. The quantitative estimate of drug-likeness (QED) is 0.0430. The molecule has 144 heavy (non-hydrogen) atoms. The van der Waals surface area contributed by atoms with Gasteiger partial charge in [-0.25, -0.2) is 8.78 Å². The van der Waals surface area contributed by atoms with Crippen LogP contribution in [-0.4, -0.2) is 115 Å². The molecule has 1 aliphatic carbocycles. The first kappa shape index (κ1) is 124. The maximum absolute atomic E-state index is 12.6. The number of nitrogens with zero attached hydrogens (tertiary/aromatic N) is 6. The van der Waals surface area contributed by atoms with Gasteiger partial charge in [0.25, 0.3) is 28.9 Å². The molecule has 0 amide bonds. The summed E-state index contributed by atoms with van der Waals surface area (Å²) in [5.41, 5.74) is 7.45. The Morgan fingerprint density at radius 3 is 0.847 bits per heavy atom. The number of alkyl halides is 15. The van der Waals surface area contributed by atoms with Crippen LogP contribution in [-0.2, 0) is 11.2 Å². The van der Waals surface area contributed by atoms with Gasteiger partial charge in [-0.1, -0.05) is 237 Å². The summed E-state index contributed by atoms with van der Waals surface area (Å²) in [5.74, 6) is -17.5. The number of aromatic hydroxyl groups is 4. The van der Waals surface area contributed by atoms with E-state index in [9.17, 15) is 119 Å². The number of carbonyl (C=O) groups is 5. The standard InChI is InChI=1S/C24H16N2.C12H9F3O2.3C12H7F3O2.2C12H8N2.C8H3F5O2.2CH3.5Eu/c1-3-7-17(8-4-1)19-13-15-25-23-21(19)11-12-22-20(14-16-26-24(22)23)18-9-5-2-6-10-18;4*13-12(14,15)11(17)9-6-5-7-3-1-2-4-8(7)10(9)16;2*1-3-9-5-6-10-4-2-8-14-12(10)11(9)13-7-1;9-3-1-4(6(14)5(10)2-3)7(15)8(11,12)13;;;;;;;/h1-16H;1-4,16H,5-6H2;3*1-6,16H;2*1-8H;1-2,14H;2*1H3;;;;;/q;;;;;;;;2*-1;;;;;. The number of fused-ring (bicyclic) bond motifs is 13. The molecular formula is C106H71Eu5F17N6O10-2. The third-order valence-corrected chi connectivity index (χ3v) is 21.0. The second-order valence-electron chi connectivity index (χ2n) is 29.7. The molecule has 0 fully saturated rings. The van der Waals surface area contributed by atoms with Crippen LogP contribution in [0.15, 0.2) is 346 Å². The number of carbonyl (C=O) groups excluding carboxylic acids is 5. The van der Waals surface area contributed by atoms with Gasteiger partial charge in [0.2, 0.25) is 0 Å². The van der Waals surface area contributed by atoms with Crippen molar-refractivity contribution in [2.45, 2.75) is 43.7 Å². The predicted octanol–water partition coefficient (Wildman–Crippen LogP) is 27.9. The fraction of sp³-hybridized carbons (Fsp3) is 0.0660. The Kier molecular flexibility index (Phi) is 47.0. The van der Waals surface area contributed by atoms with Gasteiger partial charge >= 0.3 is 30.9 Å². The average Bonchev–Trinajstić information content (AvgIpc) is 0.751. The first-order chi connectivity index (χ1) is 65.2. The number of pyridine rings is 6. The molecule has 0 spiro atoms. The molecule has 0 aliphatic heterocycles. The number of aliphatic hydroxyl groups is 1. The van der Waals surface area contributed by atoms with Gasteiger partial charge in [0.15, 0.2) is 11.6 Å². The Balaban J connectivity index is 0.000000252. The molecule has 38 heteroatoms. The predicted molar refractivity (Wildman–Crippen MR) is 497 cm³/mol. The molecular weight excluding hydrogens is 2600 g/mol. The van der Waals surface area contributed by atoms with Crippen LogP contribution in [0.25, 0.3) is 126 Å². The maximum Gasteiger partial charge on any atom is 0.455 e. The summed E-state index contributed by atoms with van der Waals surface area (Å²) in [6.07, 6.45) is -14.0. The topological polar surface area (TPSA) is 264 Å². The monoisotopic (exact) mass is 2680 g/mol. The number of hydrogen-bond donors (Lipinski definition) is 5. The zero-order valence-corrected chi connectivity index (χ0v) is 86.1. The van der Waals surface area contributed by atoms with E-state index in [1.54, 1.807) is 97.6 Å². The van der Waals surface area contributed by atoms with Gasteiger partial charge in [-0.2, -0.15) is 65.9 Å². The number of aromatic nitrogens is 6. The minimum Gasteiger partial charge on any atom is -0.507 e. The molecule has 20 rings (SSSR count). The first-order valence-corrected chi connectivity index (χ1v) is 40.5. The molecule has 1 aliphatic rings.